The van der Waals surface area contributed by atoms with Gasteiger partial charge in [-0.05, 0) is 30.4 Å². The fraction of sp³-hybridized carbons (Fsp3) is 0.417. The lowest BCUT2D eigenvalue weighted by Gasteiger charge is -2.12. The normalized spacial score (nSPS) is 10.3. The summed E-state index contributed by atoms with van der Waals surface area (Å²) in [5.41, 5.74) is 1.04. The van der Waals surface area contributed by atoms with Gasteiger partial charge in [-0.15, -0.1) is 0 Å². The highest BCUT2D eigenvalue weighted by molar-refractivity contribution is 9.10. The van der Waals surface area contributed by atoms with Crippen molar-refractivity contribution in [3.8, 4) is 5.75 Å². The largest absolute Gasteiger partial charge is 0.492 e. The van der Waals surface area contributed by atoms with Crippen LogP contribution in [0.1, 0.15) is 22.8 Å². The van der Waals surface area contributed by atoms with Gasteiger partial charge in [0.1, 0.15) is 11.3 Å². The number of hydrogen-bond donors (Lipinski definition) is 1. The number of aromatic carboxylic acids is 1. The summed E-state index contributed by atoms with van der Waals surface area (Å²) in [5, 5.41) is 9.11. The van der Waals surface area contributed by atoms with Crippen LogP contribution in [-0.4, -0.2) is 29.2 Å². The second kappa shape index (κ2) is 6.91. The van der Waals surface area contributed by atoms with Crippen LogP contribution in [0.2, 0.25) is 0 Å². The fourth-order valence-corrected chi connectivity index (χ4v) is 2.49. The van der Waals surface area contributed by atoms with Crippen LogP contribution in [0.15, 0.2) is 16.6 Å². The molecule has 1 aromatic rings. The molecule has 0 saturated carbocycles. The zero-order chi connectivity index (χ0) is 12.8. The van der Waals surface area contributed by atoms with Crippen LogP contribution in [0.3, 0.4) is 0 Å². The van der Waals surface area contributed by atoms with Crippen molar-refractivity contribution in [1.82, 2.24) is 0 Å². The number of carboxylic acid groups (broad SMARTS) is 1. The molecule has 5 heteroatoms. The third kappa shape index (κ3) is 4.24. The van der Waals surface area contributed by atoms with E-state index in [2.05, 4.69) is 22.9 Å². The average molecular weight is 319 g/mol. The van der Waals surface area contributed by atoms with Gasteiger partial charge >= 0.3 is 5.97 Å². The summed E-state index contributed by atoms with van der Waals surface area (Å²) in [7, 11) is 0. The predicted octanol–water partition coefficient (Wildman–Crippen LogP) is 3.59. The van der Waals surface area contributed by atoms with Gasteiger partial charge in [-0.2, -0.15) is 11.8 Å². The number of rotatable bonds is 6. The Bertz CT molecular complexity index is 407. The van der Waals surface area contributed by atoms with Crippen LogP contribution in [-0.2, 0) is 0 Å². The molecule has 0 aliphatic carbocycles. The molecule has 0 heterocycles. The minimum atomic E-state index is -0.965. The fourth-order valence-electron chi connectivity index (χ4n) is 1.43. The summed E-state index contributed by atoms with van der Waals surface area (Å²) in [5.74, 6) is 1.41. The molecule has 1 N–H and O–H groups in total. The Morgan fingerprint density at radius 2 is 2.24 bits per heavy atom. The quantitative estimate of drug-likeness (QED) is 0.814. The highest BCUT2D eigenvalue weighted by atomic mass is 79.9. The molecule has 0 unspecified atom stereocenters. The van der Waals surface area contributed by atoms with Gasteiger partial charge in [-0.3, -0.25) is 0 Å². The van der Waals surface area contributed by atoms with Crippen molar-refractivity contribution in [2.24, 2.45) is 0 Å². The number of benzene rings is 1. The molecule has 0 aliphatic rings. The van der Waals surface area contributed by atoms with E-state index < -0.39 is 5.97 Å². The third-order valence-corrected chi connectivity index (χ3v) is 3.47. The Morgan fingerprint density at radius 3 is 2.82 bits per heavy atom. The number of carbonyl (C=O) groups is 1. The molecule has 0 saturated heterocycles. The highest BCUT2D eigenvalue weighted by Gasteiger charge is 2.14. The maximum absolute atomic E-state index is 11.1. The van der Waals surface area contributed by atoms with Crippen molar-refractivity contribution in [3.63, 3.8) is 0 Å². The second-order valence-electron chi connectivity index (χ2n) is 3.45. The Hall–Kier alpha value is -0.680. The second-order valence-corrected chi connectivity index (χ2v) is 5.76. The molecule has 0 atom stereocenters. The van der Waals surface area contributed by atoms with Gasteiger partial charge in [-0.25, -0.2) is 4.79 Å². The molecule has 0 bridgehead atoms. The number of hydrogen-bond acceptors (Lipinski definition) is 3. The van der Waals surface area contributed by atoms with Gasteiger partial charge in [0.05, 0.1) is 6.61 Å². The Kier molecular flexibility index (Phi) is 5.85. The van der Waals surface area contributed by atoms with Gasteiger partial charge < -0.3 is 9.84 Å². The topological polar surface area (TPSA) is 46.5 Å². The van der Waals surface area contributed by atoms with Crippen LogP contribution in [0.25, 0.3) is 0 Å². The van der Waals surface area contributed by atoms with Crippen molar-refractivity contribution < 1.29 is 14.6 Å². The van der Waals surface area contributed by atoms with Crippen LogP contribution in [0, 0.1) is 6.92 Å². The Labute approximate surface area is 114 Å². The third-order valence-electron chi connectivity index (χ3n) is 2.15. The molecule has 0 fully saturated rings. The van der Waals surface area contributed by atoms with E-state index in [4.69, 9.17) is 9.84 Å². The molecule has 0 aliphatic heterocycles. The molecule has 3 nitrogen and oxygen atoms in total. The van der Waals surface area contributed by atoms with E-state index in [1.54, 1.807) is 17.8 Å². The van der Waals surface area contributed by atoms with E-state index in [9.17, 15) is 4.79 Å². The van der Waals surface area contributed by atoms with Gasteiger partial charge in [0.25, 0.3) is 0 Å². The van der Waals surface area contributed by atoms with Crippen LogP contribution in [0.5, 0.6) is 5.75 Å². The maximum atomic E-state index is 11.1. The molecule has 0 amide bonds. The average Bonchev–Trinajstić information content (AvgIpc) is 2.25. The summed E-state index contributed by atoms with van der Waals surface area (Å²) in [6.45, 7) is 4.46. The SMILES string of the molecule is CCSCCOc1c(C)cc(Br)cc1C(=O)O. The van der Waals surface area contributed by atoms with E-state index in [-0.39, 0.29) is 5.56 Å². The first-order valence-corrected chi connectivity index (χ1v) is 7.25. The van der Waals surface area contributed by atoms with Crippen LogP contribution < -0.4 is 4.74 Å². The molecule has 1 rings (SSSR count). The minimum Gasteiger partial charge on any atom is -0.492 e. The number of carboxylic acids is 1. The monoisotopic (exact) mass is 318 g/mol. The maximum Gasteiger partial charge on any atom is 0.339 e. The van der Waals surface area contributed by atoms with Gasteiger partial charge in [0.15, 0.2) is 0 Å². The number of ether oxygens (including phenoxy) is 1. The highest BCUT2D eigenvalue weighted by Crippen LogP contribution is 2.28. The lowest BCUT2D eigenvalue weighted by molar-refractivity contribution is 0.0692. The summed E-state index contributed by atoms with van der Waals surface area (Å²) in [6.07, 6.45) is 0. The molecule has 94 valence electrons. The van der Waals surface area contributed by atoms with Gasteiger partial charge in [-0.1, -0.05) is 22.9 Å². The lowest BCUT2D eigenvalue weighted by atomic mass is 10.1. The molecule has 0 aromatic heterocycles. The van der Waals surface area contributed by atoms with E-state index in [1.165, 1.54) is 0 Å². The van der Waals surface area contributed by atoms with Crippen molar-refractivity contribution in [2.75, 3.05) is 18.1 Å². The van der Waals surface area contributed by atoms with Crippen molar-refractivity contribution in [3.05, 3.63) is 27.7 Å². The first-order valence-electron chi connectivity index (χ1n) is 5.30. The Morgan fingerprint density at radius 1 is 1.53 bits per heavy atom. The predicted molar refractivity (Wildman–Crippen MR) is 74.3 cm³/mol. The number of aryl methyl sites for hydroxylation is 1. The van der Waals surface area contributed by atoms with Gasteiger partial charge in [0, 0.05) is 10.2 Å². The van der Waals surface area contributed by atoms with E-state index in [0.717, 1.165) is 21.5 Å². The molecule has 0 spiro atoms. The first-order chi connectivity index (χ1) is 8.06. The van der Waals surface area contributed by atoms with E-state index >= 15 is 0 Å². The molecular weight excluding hydrogens is 304 g/mol. The van der Waals surface area contributed by atoms with E-state index in [1.807, 2.05) is 13.0 Å². The van der Waals surface area contributed by atoms with Crippen molar-refractivity contribution >= 4 is 33.7 Å². The zero-order valence-electron chi connectivity index (χ0n) is 9.83. The molecular formula is C12H15BrO3S. The van der Waals surface area contributed by atoms with Crippen molar-refractivity contribution in [1.29, 1.82) is 0 Å². The molecule has 0 radical (unpaired) electrons. The molecule has 17 heavy (non-hydrogen) atoms. The first kappa shape index (κ1) is 14.4. The Balaban J connectivity index is 2.85. The standard InChI is InChI=1S/C12H15BrO3S/c1-3-17-5-4-16-11-8(2)6-9(13)7-10(11)12(14)15/h6-7H,3-5H2,1-2H3,(H,14,15). The summed E-state index contributed by atoms with van der Waals surface area (Å²) in [4.78, 5) is 11.1. The van der Waals surface area contributed by atoms with E-state index in [0.29, 0.717) is 12.4 Å². The smallest absolute Gasteiger partial charge is 0.339 e. The summed E-state index contributed by atoms with van der Waals surface area (Å²) < 4.78 is 6.32. The van der Waals surface area contributed by atoms with Crippen LogP contribution >= 0.6 is 27.7 Å². The number of thioether (sulfide) groups is 1. The number of halogens is 1. The molecule has 1 aromatic carbocycles. The van der Waals surface area contributed by atoms with Crippen LogP contribution in [0.4, 0.5) is 0 Å². The van der Waals surface area contributed by atoms with Gasteiger partial charge in [0.2, 0.25) is 0 Å². The summed E-state index contributed by atoms with van der Waals surface area (Å²) in [6, 6.07) is 3.42. The lowest BCUT2D eigenvalue weighted by Crippen LogP contribution is -2.07. The minimum absolute atomic E-state index is 0.207. The summed E-state index contributed by atoms with van der Waals surface area (Å²) >= 11 is 5.05. The van der Waals surface area contributed by atoms with Crippen molar-refractivity contribution in [2.45, 2.75) is 13.8 Å². The zero-order valence-corrected chi connectivity index (χ0v) is 12.2.